The first-order chi connectivity index (χ1) is 14.0. The molecule has 0 rings (SSSR count). The summed E-state index contributed by atoms with van der Waals surface area (Å²) in [6.07, 6.45) is -1.46. The molecule has 0 aliphatic carbocycles. The summed E-state index contributed by atoms with van der Waals surface area (Å²) in [6, 6.07) is 0. The number of carboxylic acid groups (broad SMARTS) is 4. The second-order valence-corrected chi connectivity index (χ2v) is 8.15. The van der Waals surface area contributed by atoms with Gasteiger partial charge in [-0.1, -0.05) is 0 Å². The lowest BCUT2D eigenvalue weighted by Crippen LogP contribution is -2.22. The van der Waals surface area contributed by atoms with E-state index in [-0.39, 0.29) is 37.6 Å². The molecule has 0 aromatic carbocycles. The van der Waals surface area contributed by atoms with E-state index < -0.39 is 59.2 Å². The highest BCUT2D eigenvalue weighted by molar-refractivity contribution is 8.00. The van der Waals surface area contributed by atoms with Crippen molar-refractivity contribution in [1.82, 2.24) is 0 Å². The van der Waals surface area contributed by atoms with E-state index in [0.717, 1.165) is 23.5 Å². The van der Waals surface area contributed by atoms with Gasteiger partial charge in [0.2, 0.25) is 0 Å². The van der Waals surface area contributed by atoms with Crippen LogP contribution in [0.25, 0.3) is 0 Å². The number of hydrogen-bond donors (Lipinski definition) is 4. The fourth-order valence-electron chi connectivity index (χ4n) is 1.78. The molecule has 0 aliphatic rings. The summed E-state index contributed by atoms with van der Waals surface area (Å²) in [6.45, 7) is -0.479. The molecule has 14 heteroatoms. The summed E-state index contributed by atoms with van der Waals surface area (Å²) in [5.41, 5.74) is 0. The van der Waals surface area contributed by atoms with Crippen LogP contribution in [-0.4, -0.2) is 91.5 Å². The summed E-state index contributed by atoms with van der Waals surface area (Å²) in [7, 11) is 0. The number of carboxylic acids is 4. The van der Waals surface area contributed by atoms with Gasteiger partial charge in [-0.15, -0.1) is 23.5 Å². The Hall–Kier alpha value is -2.48. The van der Waals surface area contributed by atoms with Gasteiger partial charge in [-0.25, -0.2) is 0 Å². The lowest BCUT2D eigenvalue weighted by Gasteiger charge is -2.10. The average Bonchev–Trinajstić information content (AvgIpc) is 2.62. The zero-order valence-corrected chi connectivity index (χ0v) is 17.3. The molecule has 30 heavy (non-hydrogen) atoms. The number of aliphatic carboxylic acids is 4. The standard InChI is InChI=1S/C16H22O12S2/c17-11(18)7-9(15(23)24)29-5-1-13(21)27-3-4-28-14(22)2-6-30-10(16(25)26)8-12(19)20/h9-10H,1-8H2,(H,17,18)(H,19,20)(H,23,24)(H,25,26). The molecule has 2 unspecified atom stereocenters. The Kier molecular flexibility index (Phi) is 14.1. The number of rotatable bonds is 17. The van der Waals surface area contributed by atoms with E-state index >= 15 is 0 Å². The molecule has 0 bridgehead atoms. The molecular formula is C16H22O12S2. The zero-order valence-electron chi connectivity index (χ0n) is 15.7. The maximum absolute atomic E-state index is 11.5. The fraction of sp³-hybridized carbons (Fsp3) is 0.625. The van der Waals surface area contributed by atoms with E-state index in [1.165, 1.54) is 0 Å². The highest BCUT2D eigenvalue weighted by atomic mass is 32.2. The third-order valence-corrected chi connectivity index (χ3v) is 5.55. The predicted molar refractivity (Wildman–Crippen MR) is 103 cm³/mol. The van der Waals surface area contributed by atoms with E-state index in [1.807, 2.05) is 0 Å². The van der Waals surface area contributed by atoms with E-state index in [4.69, 9.17) is 29.9 Å². The normalized spacial score (nSPS) is 12.4. The first kappa shape index (κ1) is 27.5. The van der Waals surface area contributed by atoms with Crippen molar-refractivity contribution in [2.45, 2.75) is 36.2 Å². The van der Waals surface area contributed by atoms with E-state index in [9.17, 15) is 28.8 Å². The van der Waals surface area contributed by atoms with Crippen LogP contribution in [0, 0.1) is 0 Å². The van der Waals surface area contributed by atoms with Crippen LogP contribution in [0.5, 0.6) is 0 Å². The molecule has 0 amide bonds. The maximum atomic E-state index is 11.5. The molecule has 0 aromatic heterocycles. The molecule has 0 aromatic rings. The van der Waals surface area contributed by atoms with Crippen LogP contribution in [-0.2, 0) is 38.2 Å². The lowest BCUT2D eigenvalue weighted by atomic mass is 10.3. The number of carbonyl (C=O) groups excluding carboxylic acids is 2. The lowest BCUT2D eigenvalue weighted by molar-refractivity contribution is -0.151. The molecule has 0 saturated heterocycles. The number of esters is 2. The minimum atomic E-state index is -1.29. The van der Waals surface area contributed by atoms with Gasteiger partial charge < -0.3 is 29.9 Å². The molecule has 0 radical (unpaired) electrons. The van der Waals surface area contributed by atoms with Crippen molar-refractivity contribution in [3.8, 4) is 0 Å². The second-order valence-electron chi connectivity index (χ2n) is 5.53. The summed E-state index contributed by atoms with van der Waals surface area (Å²) < 4.78 is 9.58. The van der Waals surface area contributed by atoms with Crippen LogP contribution >= 0.6 is 23.5 Å². The van der Waals surface area contributed by atoms with Gasteiger partial charge in [0.1, 0.15) is 23.7 Å². The summed E-state index contributed by atoms with van der Waals surface area (Å²) in [5.74, 6) is -6.38. The Labute approximate surface area is 179 Å². The zero-order chi connectivity index (χ0) is 23.1. The molecule has 4 N–H and O–H groups in total. The van der Waals surface area contributed by atoms with Crippen molar-refractivity contribution >= 4 is 59.3 Å². The van der Waals surface area contributed by atoms with Gasteiger partial charge >= 0.3 is 35.8 Å². The average molecular weight is 470 g/mol. The molecule has 2 atom stereocenters. The Morgan fingerprint density at radius 1 is 0.633 bits per heavy atom. The van der Waals surface area contributed by atoms with Gasteiger partial charge in [0.25, 0.3) is 0 Å². The van der Waals surface area contributed by atoms with Crippen molar-refractivity contribution in [2.24, 2.45) is 0 Å². The SMILES string of the molecule is O=C(O)CC(SCCC(=O)OCCOC(=O)CCSC(CC(=O)O)C(=O)O)C(=O)O. The molecule has 0 heterocycles. The summed E-state index contributed by atoms with van der Waals surface area (Å²) in [5, 5.41) is 32.6. The van der Waals surface area contributed by atoms with Gasteiger partial charge in [0.15, 0.2) is 0 Å². The van der Waals surface area contributed by atoms with E-state index in [0.29, 0.717) is 0 Å². The Morgan fingerprint density at radius 3 is 1.23 bits per heavy atom. The van der Waals surface area contributed by atoms with Gasteiger partial charge in [0.05, 0.1) is 25.7 Å². The second kappa shape index (κ2) is 15.4. The van der Waals surface area contributed by atoms with Crippen molar-refractivity contribution in [3.63, 3.8) is 0 Å². The summed E-state index contributed by atoms with van der Waals surface area (Å²) in [4.78, 5) is 65.9. The molecule has 0 spiro atoms. The van der Waals surface area contributed by atoms with Gasteiger partial charge in [-0.3, -0.25) is 28.8 Å². The van der Waals surface area contributed by atoms with Crippen LogP contribution in [0.15, 0.2) is 0 Å². The Morgan fingerprint density at radius 2 is 0.967 bits per heavy atom. The third-order valence-electron chi connectivity index (χ3n) is 3.13. The summed E-state index contributed by atoms with van der Waals surface area (Å²) >= 11 is 1.60. The number of ether oxygens (including phenoxy) is 2. The van der Waals surface area contributed by atoms with Crippen LogP contribution < -0.4 is 0 Å². The smallest absolute Gasteiger partial charge is 0.317 e. The Bertz CT molecular complexity index is 582. The van der Waals surface area contributed by atoms with Crippen LogP contribution in [0.1, 0.15) is 25.7 Å². The van der Waals surface area contributed by atoms with Crippen LogP contribution in [0.4, 0.5) is 0 Å². The monoisotopic (exact) mass is 470 g/mol. The van der Waals surface area contributed by atoms with Gasteiger partial charge in [0, 0.05) is 11.5 Å². The minimum absolute atomic E-state index is 0.0428. The minimum Gasteiger partial charge on any atom is -0.481 e. The number of hydrogen-bond acceptors (Lipinski definition) is 10. The van der Waals surface area contributed by atoms with Crippen molar-refractivity contribution in [3.05, 3.63) is 0 Å². The molecule has 0 saturated carbocycles. The van der Waals surface area contributed by atoms with Crippen molar-refractivity contribution in [2.75, 3.05) is 24.7 Å². The topological polar surface area (TPSA) is 202 Å². The maximum Gasteiger partial charge on any atom is 0.317 e. The highest BCUT2D eigenvalue weighted by Crippen LogP contribution is 2.17. The van der Waals surface area contributed by atoms with Crippen molar-refractivity contribution in [1.29, 1.82) is 0 Å². The third kappa shape index (κ3) is 14.5. The highest BCUT2D eigenvalue weighted by Gasteiger charge is 2.22. The van der Waals surface area contributed by atoms with Crippen LogP contribution in [0.3, 0.4) is 0 Å². The quantitative estimate of drug-likeness (QED) is 0.165. The number of carbonyl (C=O) groups is 6. The van der Waals surface area contributed by atoms with Gasteiger partial charge in [-0.2, -0.15) is 0 Å². The van der Waals surface area contributed by atoms with Crippen LogP contribution in [0.2, 0.25) is 0 Å². The van der Waals surface area contributed by atoms with Gasteiger partial charge in [-0.05, 0) is 0 Å². The first-order valence-electron chi connectivity index (χ1n) is 8.46. The molecule has 0 fully saturated rings. The molecule has 0 aliphatic heterocycles. The first-order valence-corrected chi connectivity index (χ1v) is 10.6. The molecule has 170 valence electrons. The predicted octanol–water partition coefficient (Wildman–Crippen LogP) is 0.175. The Balaban J connectivity index is 3.92. The largest absolute Gasteiger partial charge is 0.481 e. The van der Waals surface area contributed by atoms with Crippen molar-refractivity contribution < 1.29 is 58.7 Å². The fourth-order valence-corrected chi connectivity index (χ4v) is 3.72. The molecule has 12 nitrogen and oxygen atoms in total. The number of thioether (sulfide) groups is 2. The van der Waals surface area contributed by atoms with E-state index in [2.05, 4.69) is 0 Å². The van der Waals surface area contributed by atoms with E-state index in [1.54, 1.807) is 0 Å². The molecular weight excluding hydrogens is 448 g/mol.